The van der Waals surface area contributed by atoms with Crippen LogP contribution in [0.3, 0.4) is 0 Å². The second kappa shape index (κ2) is 5.78. The average Bonchev–Trinajstić information content (AvgIpc) is 2.48. The molecular weight excluding hydrogens is 252 g/mol. The van der Waals surface area contributed by atoms with E-state index in [0.29, 0.717) is 22.6 Å². The van der Waals surface area contributed by atoms with Crippen LogP contribution in [0.4, 0.5) is 0 Å². The Kier molecular flexibility index (Phi) is 4.08. The van der Waals surface area contributed by atoms with Gasteiger partial charge >= 0.3 is 0 Å². The fourth-order valence-corrected chi connectivity index (χ4v) is 2.07. The highest BCUT2D eigenvalue weighted by Crippen LogP contribution is 2.25. The first-order chi connectivity index (χ1) is 9.55. The molecule has 20 heavy (non-hydrogen) atoms. The molecule has 0 amide bonds. The summed E-state index contributed by atoms with van der Waals surface area (Å²) in [5, 5.41) is 0. The van der Waals surface area contributed by atoms with E-state index in [1.54, 1.807) is 32.4 Å². The summed E-state index contributed by atoms with van der Waals surface area (Å²) >= 11 is 0. The summed E-state index contributed by atoms with van der Waals surface area (Å²) in [6.45, 7) is 3.91. The number of carbonyl (C=O) groups excluding carboxylic acids is 1. The van der Waals surface area contributed by atoms with Crippen LogP contribution in [0.5, 0.6) is 11.5 Å². The molecule has 0 saturated carbocycles. The van der Waals surface area contributed by atoms with Gasteiger partial charge in [-0.15, -0.1) is 0 Å². The van der Waals surface area contributed by atoms with E-state index in [4.69, 9.17) is 9.47 Å². The maximum absolute atomic E-state index is 12.6. The van der Waals surface area contributed by atoms with Gasteiger partial charge in [0.1, 0.15) is 11.5 Å². The van der Waals surface area contributed by atoms with Crippen molar-refractivity contribution in [2.45, 2.75) is 13.8 Å². The molecule has 0 bridgehead atoms. The molecule has 0 N–H and O–H groups in total. The first-order valence-corrected chi connectivity index (χ1v) is 6.40. The molecule has 3 heteroatoms. The lowest BCUT2D eigenvalue weighted by atomic mass is 9.97. The molecule has 3 nitrogen and oxygen atoms in total. The number of carbonyl (C=O) groups is 1. The van der Waals surface area contributed by atoms with Crippen molar-refractivity contribution in [2.24, 2.45) is 0 Å². The van der Waals surface area contributed by atoms with Crippen molar-refractivity contribution in [3.05, 3.63) is 58.7 Å². The molecule has 0 heterocycles. The zero-order valence-corrected chi connectivity index (χ0v) is 12.2. The molecule has 2 aromatic rings. The van der Waals surface area contributed by atoms with Gasteiger partial charge in [-0.3, -0.25) is 4.79 Å². The van der Waals surface area contributed by atoms with E-state index in [1.807, 2.05) is 32.0 Å². The molecule has 0 unspecified atom stereocenters. The zero-order valence-electron chi connectivity index (χ0n) is 12.2. The molecule has 0 aliphatic rings. The van der Waals surface area contributed by atoms with Gasteiger partial charge in [0.25, 0.3) is 0 Å². The van der Waals surface area contributed by atoms with E-state index in [0.717, 1.165) is 11.1 Å². The highest BCUT2D eigenvalue weighted by molar-refractivity contribution is 6.10. The first-order valence-electron chi connectivity index (χ1n) is 6.40. The summed E-state index contributed by atoms with van der Waals surface area (Å²) < 4.78 is 10.4. The van der Waals surface area contributed by atoms with Crippen molar-refractivity contribution >= 4 is 5.78 Å². The lowest BCUT2D eigenvalue weighted by Crippen LogP contribution is -2.05. The Balaban J connectivity index is 2.50. The lowest BCUT2D eigenvalue weighted by molar-refractivity contribution is 0.103. The van der Waals surface area contributed by atoms with Crippen molar-refractivity contribution < 1.29 is 14.3 Å². The molecule has 0 atom stereocenters. The van der Waals surface area contributed by atoms with Crippen LogP contribution in [0.25, 0.3) is 0 Å². The number of rotatable bonds is 4. The van der Waals surface area contributed by atoms with Gasteiger partial charge in [-0.2, -0.15) is 0 Å². The summed E-state index contributed by atoms with van der Waals surface area (Å²) in [7, 11) is 3.14. The van der Waals surface area contributed by atoms with Crippen LogP contribution < -0.4 is 9.47 Å². The molecule has 0 radical (unpaired) electrons. The van der Waals surface area contributed by atoms with Crippen LogP contribution in [0.15, 0.2) is 36.4 Å². The van der Waals surface area contributed by atoms with Gasteiger partial charge in [0.15, 0.2) is 5.78 Å². The van der Waals surface area contributed by atoms with Gasteiger partial charge in [0, 0.05) is 17.2 Å². The topological polar surface area (TPSA) is 35.5 Å². The zero-order chi connectivity index (χ0) is 14.7. The molecular formula is C17H18O3. The molecule has 0 fully saturated rings. The second-order valence-corrected chi connectivity index (χ2v) is 4.75. The molecule has 2 aromatic carbocycles. The van der Waals surface area contributed by atoms with E-state index >= 15 is 0 Å². The first kappa shape index (κ1) is 14.1. The smallest absolute Gasteiger partial charge is 0.193 e. The van der Waals surface area contributed by atoms with Gasteiger partial charge in [-0.1, -0.05) is 17.7 Å². The predicted molar refractivity (Wildman–Crippen MR) is 78.9 cm³/mol. The van der Waals surface area contributed by atoms with Gasteiger partial charge in [-0.05, 0) is 37.6 Å². The van der Waals surface area contributed by atoms with E-state index < -0.39 is 0 Å². The van der Waals surface area contributed by atoms with Crippen molar-refractivity contribution in [2.75, 3.05) is 14.2 Å². The van der Waals surface area contributed by atoms with Gasteiger partial charge in [0.05, 0.1) is 14.2 Å². The monoisotopic (exact) mass is 270 g/mol. The standard InChI is InChI=1S/C17H18O3/c1-11-5-6-12(2)16(7-11)17(18)13-8-14(19-3)10-15(9-13)20-4/h5-10H,1-4H3. The van der Waals surface area contributed by atoms with E-state index in [-0.39, 0.29) is 5.78 Å². The van der Waals surface area contributed by atoms with Crippen LogP contribution in [-0.4, -0.2) is 20.0 Å². The Labute approximate surface area is 119 Å². The van der Waals surface area contributed by atoms with Crippen LogP contribution in [0.1, 0.15) is 27.0 Å². The van der Waals surface area contributed by atoms with Gasteiger partial charge in [-0.25, -0.2) is 0 Å². The Morgan fingerprint density at radius 2 is 1.50 bits per heavy atom. The minimum atomic E-state index is -0.0246. The van der Waals surface area contributed by atoms with Crippen LogP contribution in [0, 0.1) is 13.8 Å². The third-order valence-electron chi connectivity index (χ3n) is 3.25. The minimum Gasteiger partial charge on any atom is -0.497 e. The van der Waals surface area contributed by atoms with Crippen LogP contribution >= 0.6 is 0 Å². The van der Waals surface area contributed by atoms with Crippen LogP contribution in [0.2, 0.25) is 0 Å². The normalized spacial score (nSPS) is 10.2. The molecule has 2 rings (SSSR count). The molecule has 104 valence electrons. The Morgan fingerprint density at radius 1 is 0.900 bits per heavy atom. The van der Waals surface area contributed by atoms with E-state index in [2.05, 4.69) is 0 Å². The van der Waals surface area contributed by atoms with E-state index in [9.17, 15) is 4.79 Å². The molecule has 0 aliphatic heterocycles. The molecule has 0 aliphatic carbocycles. The lowest BCUT2D eigenvalue weighted by Gasteiger charge is -2.10. The number of aryl methyl sites for hydroxylation is 2. The quantitative estimate of drug-likeness (QED) is 0.797. The van der Waals surface area contributed by atoms with Crippen molar-refractivity contribution in [1.29, 1.82) is 0 Å². The third kappa shape index (κ3) is 2.82. The molecule has 0 aromatic heterocycles. The minimum absolute atomic E-state index is 0.0246. The summed E-state index contributed by atoms with van der Waals surface area (Å²) in [6.07, 6.45) is 0. The fourth-order valence-electron chi connectivity index (χ4n) is 2.07. The second-order valence-electron chi connectivity index (χ2n) is 4.75. The number of hydrogen-bond acceptors (Lipinski definition) is 3. The Morgan fingerprint density at radius 3 is 2.05 bits per heavy atom. The highest BCUT2D eigenvalue weighted by Gasteiger charge is 2.14. The largest absolute Gasteiger partial charge is 0.497 e. The molecule has 0 saturated heterocycles. The highest BCUT2D eigenvalue weighted by atomic mass is 16.5. The fraction of sp³-hybridized carbons (Fsp3) is 0.235. The average molecular weight is 270 g/mol. The van der Waals surface area contributed by atoms with Gasteiger partial charge < -0.3 is 9.47 Å². The predicted octanol–water partition coefficient (Wildman–Crippen LogP) is 3.55. The van der Waals surface area contributed by atoms with Crippen molar-refractivity contribution in [1.82, 2.24) is 0 Å². The van der Waals surface area contributed by atoms with Crippen molar-refractivity contribution in [3.63, 3.8) is 0 Å². The summed E-state index contributed by atoms with van der Waals surface area (Å²) in [5.74, 6) is 1.19. The maximum Gasteiger partial charge on any atom is 0.193 e. The number of methoxy groups -OCH3 is 2. The Hall–Kier alpha value is -2.29. The van der Waals surface area contributed by atoms with Crippen molar-refractivity contribution in [3.8, 4) is 11.5 Å². The van der Waals surface area contributed by atoms with E-state index in [1.165, 1.54) is 0 Å². The number of hydrogen-bond donors (Lipinski definition) is 0. The summed E-state index contributed by atoms with van der Waals surface area (Å²) in [5.41, 5.74) is 3.30. The Bertz CT molecular complexity index is 622. The molecule has 0 spiro atoms. The number of benzene rings is 2. The maximum atomic E-state index is 12.6. The number of ether oxygens (including phenoxy) is 2. The van der Waals surface area contributed by atoms with Crippen LogP contribution in [-0.2, 0) is 0 Å². The summed E-state index contributed by atoms with van der Waals surface area (Å²) in [4.78, 5) is 12.6. The third-order valence-corrected chi connectivity index (χ3v) is 3.25. The summed E-state index contributed by atoms with van der Waals surface area (Å²) in [6, 6.07) is 11.1. The van der Waals surface area contributed by atoms with Gasteiger partial charge in [0.2, 0.25) is 0 Å². The SMILES string of the molecule is COc1cc(OC)cc(C(=O)c2cc(C)ccc2C)c1. The number of ketones is 1.